The summed E-state index contributed by atoms with van der Waals surface area (Å²) < 4.78 is 12.8. The van der Waals surface area contributed by atoms with E-state index in [0.29, 0.717) is 47.1 Å². The van der Waals surface area contributed by atoms with Crippen molar-refractivity contribution in [2.75, 3.05) is 44.0 Å². The average molecular weight is 576 g/mol. The molecule has 0 spiro atoms. The third-order valence-electron chi connectivity index (χ3n) is 6.49. The van der Waals surface area contributed by atoms with Gasteiger partial charge < -0.3 is 14.8 Å². The first-order valence-corrected chi connectivity index (χ1v) is 15.0. The van der Waals surface area contributed by atoms with E-state index in [9.17, 15) is 9.59 Å². The molecule has 9 nitrogen and oxygen atoms in total. The number of amides is 1. The molecule has 1 amide bonds. The fourth-order valence-corrected chi connectivity index (χ4v) is 6.86. The molecule has 1 aliphatic heterocycles. The van der Waals surface area contributed by atoms with Crippen molar-refractivity contribution in [3.8, 4) is 5.69 Å². The Morgan fingerprint density at radius 1 is 1.16 bits per heavy atom. The van der Waals surface area contributed by atoms with E-state index in [-0.39, 0.29) is 17.6 Å². The SMILES string of the molecule is CCOC(=O)c1c(NC(=O)CSc2nnc(CN3CCOCC3)n2-c2ccc(Cl)cc2)sc2c1CCCC2. The number of halogens is 1. The van der Waals surface area contributed by atoms with E-state index in [2.05, 4.69) is 20.4 Å². The van der Waals surface area contributed by atoms with Crippen molar-refractivity contribution in [1.29, 1.82) is 0 Å². The lowest BCUT2D eigenvalue weighted by atomic mass is 9.95. The van der Waals surface area contributed by atoms with Gasteiger partial charge in [0, 0.05) is 28.7 Å². The molecule has 5 rings (SSSR count). The molecule has 1 aromatic carbocycles. The first-order chi connectivity index (χ1) is 18.5. The maximum atomic E-state index is 13.1. The molecule has 202 valence electrons. The van der Waals surface area contributed by atoms with E-state index < -0.39 is 0 Å². The number of morpholine rings is 1. The minimum absolute atomic E-state index is 0.119. The molecular weight excluding hydrogens is 546 g/mol. The number of anilines is 1. The topological polar surface area (TPSA) is 98.6 Å². The lowest BCUT2D eigenvalue weighted by Gasteiger charge is -2.26. The number of benzene rings is 1. The number of rotatable bonds is 9. The quantitative estimate of drug-likeness (QED) is 0.292. The van der Waals surface area contributed by atoms with Crippen LogP contribution in [0, 0.1) is 0 Å². The number of carbonyl (C=O) groups excluding carboxylic acids is 2. The summed E-state index contributed by atoms with van der Waals surface area (Å²) in [6.45, 7) is 5.73. The van der Waals surface area contributed by atoms with Crippen LogP contribution in [-0.2, 0) is 33.7 Å². The van der Waals surface area contributed by atoms with Crippen molar-refractivity contribution in [2.24, 2.45) is 0 Å². The summed E-state index contributed by atoms with van der Waals surface area (Å²) in [7, 11) is 0. The van der Waals surface area contributed by atoms with Crippen LogP contribution < -0.4 is 5.32 Å². The zero-order valence-electron chi connectivity index (χ0n) is 21.2. The zero-order valence-corrected chi connectivity index (χ0v) is 23.6. The molecule has 0 bridgehead atoms. The molecule has 0 saturated carbocycles. The second-order valence-corrected chi connectivity index (χ2v) is 11.6. The van der Waals surface area contributed by atoms with Gasteiger partial charge in [-0.3, -0.25) is 14.3 Å². The largest absolute Gasteiger partial charge is 0.462 e. The first kappa shape index (κ1) is 27.1. The van der Waals surface area contributed by atoms with Gasteiger partial charge >= 0.3 is 5.97 Å². The minimum Gasteiger partial charge on any atom is -0.462 e. The Morgan fingerprint density at radius 2 is 1.92 bits per heavy atom. The van der Waals surface area contributed by atoms with Crippen LogP contribution in [0.1, 0.15) is 46.4 Å². The van der Waals surface area contributed by atoms with Crippen LogP contribution in [0.5, 0.6) is 0 Å². The molecule has 1 fully saturated rings. The number of hydrogen-bond acceptors (Lipinski definition) is 9. The van der Waals surface area contributed by atoms with Crippen LogP contribution in [-0.4, -0.2) is 70.2 Å². The third-order valence-corrected chi connectivity index (χ3v) is 8.88. The van der Waals surface area contributed by atoms with Gasteiger partial charge in [-0.1, -0.05) is 23.4 Å². The zero-order chi connectivity index (χ0) is 26.5. The fourth-order valence-electron chi connectivity index (χ4n) is 4.67. The van der Waals surface area contributed by atoms with E-state index in [0.717, 1.165) is 60.7 Å². The van der Waals surface area contributed by atoms with Gasteiger partial charge in [-0.25, -0.2) is 4.79 Å². The van der Waals surface area contributed by atoms with E-state index in [1.165, 1.54) is 23.1 Å². The number of fused-ring (bicyclic) bond motifs is 1. The van der Waals surface area contributed by atoms with Gasteiger partial charge in [0.15, 0.2) is 11.0 Å². The number of hydrogen-bond donors (Lipinski definition) is 1. The Labute approximate surface area is 234 Å². The van der Waals surface area contributed by atoms with Crippen LogP contribution in [0.2, 0.25) is 5.02 Å². The summed E-state index contributed by atoms with van der Waals surface area (Å²) in [6.07, 6.45) is 3.88. The number of nitrogens with one attached hydrogen (secondary N) is 1. The molecule has 2 aliphatic rings. The smallest absolute Gasteiger partial charge is 0.341 e. The summed E-state index contributed by atoms with van der Waals surface area (Å²) in [6, 6.07) is 7.49. The van der Waals surface area contributed by atoms with E-state index >= 15 is 0 Å². The highest BCUT2D eigenvalue weighted by atomic mass is 35.5. The van der Waals surface area contributed by atoms with Crippen LogP contribution in [0.25, 0.3) is 5.69 Å². The van der Waals surface area contributed by atoms with Crippen molar-refractivity contribution >= 4 is 51.6 Å². The normalized spacial score (nSPS) is 15.7. The lowest BCUT2D eigenvalue weighted by Crippen LogP contribution is -2.36. The van der Waals surface area contributed by atoms with E-state index in [4.69, 9.17) is 21.1 Å². The molecule has 0 unspecified atom stereocenters. The highest BCUT2D eigenvalue weighted by Crippen LogP contribution is 2.38. The average Bonchev–Trinajstić information content (AvgIpc) is 3.49. The fraction of sp³-hybridized carbons (Fsp3) is 0.462. The number of carbonyl (C=O) groups is 2. The first-order valence-electron chi connectivity index (χ1n) is 12.8. The maximum absolute atomic E-state index is 13.1. The van der Waals surface area contributed by atoms with Gasteiger partial charge in [0.1, 0.15) is 5.00 Å². The molecule has 0 radical (unpaired) electrons. The Balaban J connectivity index is 1.33. The minimum atomic E-state index is -0.370. The molecule has 0 atom stereocenters. The Morgan fingerprint density at radius 3 is 2.68 bits per heavy atom. The van der Waals surface area contributed by atoms with Crippen LogP contribution in [0.15, 0.2) is 29.4 Å². The number of nitrogens with zero attached hydrogens (tertiary/aromatic N) is 4. The standard InChI is InChI=1S/C26H30ClN5O4S2/c1-2-36-25(34)23-19-5-3-4-6-20(19)38-24(23)28-22(33)16-37-26-30-29-21(15-31-11-13-35-14-12-31)32(26)18-9-7-17(27)8-10-18/h7-10H,2-6,11-16H2,1H3,(H,28,33). The molecule has 38 heavy (non-hydrogen) atoms. The van der Waals surface area contributed by atoms with Gasteiger partial charge in [0.05, 0.1) is 37.7 Å². The third kappa shape index (κ3) is 6.23. The van der Waals surface area contributed by atoms with Crippen molar-refractivity contribution in [1.82, 2.24) is 19.7 Å². The number of aryl methyl sites for hydroxylation is 1. The maximum Gasteiger partial charge on any atom is 0.341 e. The summed E-state index contributed by atoms with van der Waals surface area (Å²) >= 11 is 8.92. The highest BCUT2D eigenvalue weighted by Gasteiger charge is 2.27. The van der Waals surface area contributed by atoms with Gasteiger partial charge in [-0.15, -0.1) is 21.5 Å². The second-order valence-electron chi connectivity index (χ2n) is 9.07. The number of esters is 1. The van der Waals surface area contributed by atoms with Crippen molar-refractivity contribution in [2.45, 2.75) is 44.3 Å². The van der Waals surface area contributed by atoms with Crippen LogP contribution in [0.3, 0.4) is 0 Å². The number of aromatic nitrogens is 3. The molecule has 2 aromatic heterocycles. The second kappa shape index (κ2) is 12.6. The lowest BCUT2D eigenvalue weighted by molar-refractivity contribution is -0.113. The molecule has 1 N–H and O–H groups in total. The molecule has 1 saturated heterocycles. The predicted molar refractivity (Wildman–Crippen MR) is 149 cm³/mol. The van der Waals surface area contributed by atoms with Crippen molar-refractivity contribution in [3.63, 3.8) is 0 Å². The summed E-state index contributed by atoms with van der Waals surface area (Å²) in [5, 5.41) is 13.7. The van der Waals surface area contributed by atoms with Crippen LogP contribution in [0.4, 0.5) is 5.00 Å². The van der Waals surface area contributed by atoms with Crippen molar-refractivity contribution in [3.05, 3.63) is 51.1 Å². The number of thioether (sulfide) groups is 1. The molecular formula is C26H30ClN5O4S2. The summed E-state index contributed by atoms with van der Waals surface area (Å²) in [5.41, 5.74) is 2.42. The van der Waals surface area contributed by atoms with Gasteiger partial charge in [-0.05, 0) is 62.4 Å². The molecule has 1 aliphatic carbocycles. The number of ether oxygens (including phenoxy) is 2. The Kier molecular flexibility index (Phi) is 9.01. The predicted octanol–water partition coefficient (Wildman–Crippen LogP) is 4.60. The van der Waals surface area contributed by atoms with Gasteiger partial charge in [0.2, 0.25) is 5.91 Å². The summed E-state index contributed by atoms with van der Waals surface area (Å²) in [5.74, 6) is 0.325. The number of thiophene rings is 1. The molecule has 3 heterocycles. The summed E-state index contributed by atoms with van der Waals surface area (Å²) in [4.78, 5) is 29.2. The van der Waals surface area contributed by atoms with Gasteiger partial charge in [0.25, 0.3) is 0 Å². The van der Waals surface area contributed by atoms with E-state index in [1.54, 1.807) is 6.92 Å². The Hall–Kier alpha value is -2.44. The van der Waals surface area contributed by atoms with E-state index in [1.807, 2.05) is 28.8 Å². The molecule has 12 heteroatoms. The Bertz CT molecular complexity index is 1290. The molecule has 3 aromatic rings. The highest BCUT2D eigenvalue weighted by molar-refractivity contribution is 7.99. The monoisotopic (exact) mass is 575 g/mol. The van der Waals surface area contributed by atoms with Crippen molar-refractivity contribution < 1.29 is 19.1 Å². The van der Waals surface area contributed by atoms with Gasteiger partial charge in [-0.2, -0.15) is 0 Å². The van der Waals surface area contributed by atoms with Crippen LogP contribution >= 0.6 is 34.7 Å².